The van der Waals surface area contributed by atoms with Crippen molar-refractivity contribution >= 4 is 35.1 Å². The highest BCUT2D eigenvalue weighted by Gasteiger charge is 2.43. The molecule has 0 aliphatic carbocycles. The number of halogens is 3. The molecule has 1 fully saturated rings. The summed E-state index contributed by atoms with van der Waals surface area (Å²) in [7, 11) is 1.73. The van der Waals surface area contributed by atoms with Crippen molar-refractivity contribution in [1.29, 1.82) is 0 Å². The predicted octanol–water partition coefficient (Wildman–Crippen LogP) is 4.43. The smallest absolute Gasteiger partial charge is 0.317 e. The zero-order valence-electron chi connectivity index (χ0n) is 19.5. The Labute approximate surface area is 209 Å². The van der Waals surface area contributed by atoms with Crippen molar-refractivity contribution in [2.75, 3.05) is 33.3 Å². The number of likely N-dealkylation sites (tertiary alicyclic amines) is 1. The molecule has 0 unspecified atom stereocenters. The molecule has 2 aromatic rings. The van der Waals surface area contributed by atoms with E-state index in [2.05, 4.69) is 5.32 Å². The van der Waals surface area contributed by atoms with Gasteiger partial charge in [0.05, 0.1) is 11.5 Å². The van der Waals surface area contributed by atoms with Crippen molar-refractivity contribution in [2.45, 2.75) is 37.6 Å². The van der Waals surface area contributed by atoms with Gasteiger partial charge in [-0.2, -0.15) is 0 Å². The van der Waals surface area contributed by atoms with Crippen LogP contribution in [-0.2, 0) is 10.2 Å². The summed E-state index contributed by atoms with van der Waals surface area (Å²) in [6, 6.07) is 10.7. The second kappa shape index (κ2) is 10.9. The van der Waals surface area contributed by atoms with E-state index >= 15 is 0 Å². The van der Waals surface area contributed by atoms with Crippen molar-refractivity contribution in [1.82, 2.24) is 15.1 Å². The van der Waals surface area contributed by atoms with E-state index in [1.807, 2.05) is 13.8 Å². The fourth-order valence-electron chi connectivity index (χ4n) is 4.40. The third-order valence-electron chi connectivity index (χ3n) is 6.42. The molecule has 3 amide bonds. The molecule has 184 valence electrons. The molecular formula is C25H30Cl2FN3O3. The number of amides is 3. The quantitative estimate of drug-likeness (QED) is 0.542. The van der Waals surface area contributed by atoms with Crippen LogP contribution in [0.3, 0.4) is 0 Å². The first-order chi connectivity index (χ1) is 16.0. The van der Waals surface area contributed by atoms with Gasteiger partial charge in [0.1, 0.15) is 5.82 Å². The topological polar surface area (TPSA) is 72.9 Å². The summed E-state index contributed by atoms with van der Waals surface area (Å²) in [6.45, 7) is 4.67. The molecule has 0 saturated carbocycles. The van der Waals surface area contributed by atoms with Crippen molar-refractivity contribution in [2.24, 2.45) is 0 Å². The molecule has 0 bridgehead atoms. The number of nitrogens with zero attached hydrogens (tertiary/aromatic N) is 2. The minimum atomic E-state index is -0.923. The average molecular weight is 510 g/mol. The van der Waals surface area contributed by atoms with E-state index in [-0.39, 0.29) is 36.3 Å². The van der Waals surface area contributed by atoms with Crippen LogP contribution in [0.25, 0.3) is 0 Å². The van der Waals surface area contributed by atoms with Crippen LogP contribution in [0.5, 0.6) is 0 Å². The zero-order valence-corrected chi connectivity index (χ0v) is 21.0. The summed E-state index contributed by atoms with van der Waals surface area (Å²) >= 11 is 12.4. The lowest BCUT2D eigenvalue weighted by Gasteiger charge is -2.36. The van der Waals surface area contributed by atoms with Gasteiger partial charge in [-0.3, -0.25) is 4.79 Å². The van der Waals surface area contributed by atoms with Crippen molar-refractivity contribution in [3.63, 3.8) is 0 Å². The van der Waals surface area contributed by atoms with E-state index in [0.29, 0.717) is 41.7 Å². The van der Waals surface area contributed by atoms with E-state index in [0.717, 1.165) is 5.56 Å². The van der Waals surface area contributed by atoms with Crippen LogP contribution >= 0.6 is 23.2 Å². The molecule has 2 N–H and O–H groups in total. The minimum absolute atomic E-state index is 0.0129. The van der Waals surface area contributed by atoms with Gasteiger partial charge >= 0.3 is 6.03 Å². The normalized spacial score (nSPS) is 18.1. The number of aliphatic hydroxyl groups is 1. The van der Waals surface area contributed by atoms with Gasteiger partial charge in [-0.1, -0.05) is 35.3 Å². The monoisotopic (exact) mass is 509 g/mol. The van der Waals surface area contributed by atoms with E-state index in [1.165, 1.54) is 12.1 Å². The number of benzene rings is 2. The Morgan fingerprint density at radius 2 is 1.76 bits per heavy atom. The molecule has 0 radical (unpaired) electrons. The summed E-state index contributed by atoms with van der Waals surface area (Å²) in [5.74, 6) is -0.692. The number of hydrogen-bond acceptors (Lipinski definition) is 3. The summed E-state index contributed by atoms with van der Waals surface area (Å²) in [5, 5.41) is 12.7. The molecule has 2 atom stereocenters. The maximum atomic E-state index is 13.7. The zero-order chi connectivity index (χ0) is 25.0. The fraction of sp³-hybridized carbons (Fsp3) is 0.440. The summed E-state index contributed by atoms with van der Waals surface area (Å²) in [6.07, 6.45) is 0.458. The molecule has 1 aliphatic heterocycles. The number of nitrogens with one attached hydrogen (secondary N) is 1. The van der Waals surface area contributed by atoms with Crippen LogP contribution < -0.4 is 5.32 Å². The minimum Gasteiger partial charge on any atom is -0.396 e. The van der Waals surface area contributed by atoms with Crippen LogP contribution in [0, 0.1) is 5.82 Å². The van der Waals surface area contributed by atoms with Crippen molar-refractivity contribution in [3.8, 4) is 0 Å². The van der Waals surface area contributed by atoms with Gasteiger partial charge in [0.25, 0.3) is 0 Å². The van der Waals surface area contributed by atoms with Gasteiger partial charge in [-0.25, -0.2) is 9.18 Å². The standard InChI is InChI=1S/C25H30Cl2FN3O3/c1-25(2,17-11-18(26)13-19(27)12-17)23(33)30(3)22-15-31(24(34)29-9-4-10-32)14-21(22)16-5-7-20(28)8-6-16/h5-8,11-13,21-22,32H,4,9-10,14-15H2,1-3H3,(H,29,34)/t21-,22+/m0/s1. The molecule has 0 spiro atoms. The Balaban J connectivity index is 1.88. The number of hydrogen-bond donors (Lipinski definition) is 2. The molecule has 6 nitrogen and oxygen atoms in total. The SMILES string of the molecule is CN(C(=O)C(C)(C)c1cc(Cl)cc(Cl)c1)[C@@H]1CN(C(=O)NCCCO)C[C@H]1c1ccc(F)cc1. The number of rotatable bonds is 7. The third kappa shape index (κ3) is 5.82. The van der Waals surface area contributed by atoms with Gasteiger partial charge in [-0.05, 0) is 61.7 Å². The van der Waals surface area contributed by atoms with Crippen LogP contribution in [0.1, 0.15) is 37.3 Å². The highest BCUT2D eigenvalue weighted by atomic mass is 35.5. The Hall–Kier alpha value is -2.35. The molecule has 0 aromatic heterocycles. The number of likely N-dealkylation sites (N-methyl/N-ethyl adjacent to an activating group) is 1. The van der Waals surface area contributed by atoms with E-state index < -0.39 is 5.41 Å². The summed E-state index contributed by atoms with van der Waals surface area (Å²) in [4.78, 5) is 29.8. The third-order valence-corrected chi connectivity index (χ3v) is 6.86. The van der Waals surface area contributed by atoms with Crippen molar-refractivity contribution in [3.05, 3.63) is 69.5 Å². The van der Waals surface area contributed by atoms with Gasteiger partial charge in [0.2, 0.25) is 5.91 Å². The number of carbonyl (C=O) groups excluding carboxylic acids is 2. The average Bonchev–Trinajstić information content (AvgIpc) is 3.23. The first-order valence-corrected chi connectivity index (χ1v) is 11.9. The van der Waals surface area contributed by atoms with Crippen LogP contribution in [-0.4, -0.2) is 66.2 Å². The summed E-state index contributed by atoms with van der Waals surface area (Å²) in [5.41, 5.74) is 0.616. The van der Waals surface area contributed by atoms with Gasteiger partial charge in [-0.15, -0.1) is 0 Å². The highest BCUT2D eigenvalue weighted by Crippen LogP contribution is 2.35. The van der Waals surface area contributed by atoms with E-state index in [4.69, 9.17) is 28.3 Å². The second-order valence-corrected chi connectivity index (χ2v) is 10.0. The maximum absolute atomic E-state index is 13.7. The fourth-order valence-corrected chi connectivity index (χ4v) is 4.92. The van der Waals surface area contributed by atoms with Gasteiger partial charge in [0.15, 0.2) is 0 Å². The molecule has 9 heteroatoms. The van der Waals surface area contributed by atoms with Crippen LogP contribution in [0.4, 0.5) is 9.18 Å². The van der Waals surface area contributed by atoms with Crippen LogP contribution in [0.2, 0.25) is 10.0 Å². The van der Waals surface area contributed by atoms with E-state index in [1.54, 1.807) is 47.2 Å². The Kier molecular flexibility index (Phi) is 8.44. The first-order valence-electron chi connectivity index (χ1n) is 11.2. The van der Waals surface area contributed by atoms with Gasteiger partial charge < -0.3 is 20.2 Å². The molecule has 1 aliphatic rings. The molecule has 1 saturated heterocycles. The van der Waals surface area contributed by atoms with E-state index in [9.17, 15) is 14.0 Å². The molecule has 3 rings (SSSR count). The Morgan fingerprint density at radius 3 is 2.35 bits per heavy atom. The number of urea groups is 1. The number of carbonyl (C=O) groups is 2. The lowest BCUT2D eigenvalue weighted by molar-refractivity contribution is -0.137. The largest absolute Gasteiger partial charge is 0.396 e. The van der Waals surface area contributed by atoms with Crippen LogP contribution in [0.15, 0.2) is 42.5 Å². The maximum Gasteiger partial charge on any atom is 0.317 e. The molecule has 1 heterocycles. The Bertz CT molecular complexity index is 1010. The highest BCUT2D eigenvalue weighted by molar-refractivity contribution is 6.34. The second-order valence-electron chi connectivity index (χ2n) is 9.14. The van der Waals surface area contributed by atoms with Crippen molar-refractivity contribution < 1.29 is 19.1 Å². The van der Waals surface area contributed by atoms with Gasteiger partial charge in [0, 0.05) is 49.3 Å². The molecule has 34 heavy (non-hydrogen) atoms. The molecule has 2 aromatic carbocycles. The number of aliphatic hydroxyl groups excluding tert-OH is 1. The Morgan fingerprint density at radius 1 is 1.15 bits per heavy atom. The first kappa shape index (κ1) is 26.3. The summed E-state index contributed by atoms with van der Waals surface area (Å²) < 4.78 is 13.6. The lowest BCUT2D eigenvalue weighted by atomic mass is 9.82. The predicted molar refractivity (Wildman–Crippen MR) is 132 cm³/mol. The lowest BCUT2D eigenvalue weighted by Crippen LogP contribution is -2.49. The molecular weight excluding hydrogens is 480 g/mol.